The molecular weight excluding hydrogens is 601 g/mol. The lowest BCUT2D eigenvalue weighted by Gasteiger charge is -2.57. The summed E-state index contributed by atoms with van der Waals surface area (Å²) in [4.78, 5) is 15.1. The third kappa shape index (κ3) is 4.85. The molecule has 0 amide bonds. The van der Waals surface area contributed by atoms with Crippen LogP contribution in [0.1, 0.15) is 49.7 Å². The molecule has 5 nitrogen and oxygen atoms in total. The van der Waals surface area contributed by atoms with Gasteiger partial charge in [0.25, 0.3) is 0 Å². The highest BCUT2D eigenvalue weighted by Gasteiger charge is 2.51. The molecule has 5 aromatic carbocycles. The molecule has 0 saturated heterocycles. The maximum absolute atomic E-state index is 9.39. The minimum atomic E-state index is 0.359. The lowest BCUT2D eigenvalue weighted by Crippen LogP contribution is -2.48. The Bertz CT molecular complexity index is 2400. The predicted octanol–water partition coefficient (Wildman–Crippen LogP) is 10.8. The van der Waals surface area contributed by atoms with Crippen molar-refractivity contribution < 1.29 is 4.42 Å². The van der Waals surface area contributed by atoms with Gasteiger partial charge in [-0.1, -0.05) is 78.9 Å². The molecule has 0 spiro atoms. The van der Waals surface area contributed by atoms with Crippen molar-refractivity contribution in [1.29, 1.82) is 5.26 Å². The van der Waals surface area contributed by atoms with Crippen LogP contribution in [-0.2, 0) is 5.41 Å². The van der Waals surface area contributed by atoms with E-state index in [0.717, 1.165) is 67.5 Å². The van der Waals surface area contributed by atoms with Crippen molar-refractivity contribution in [3.63, 3.8) is 0 Å². The first kappa shape index (κ1) is 28.4. The van der Waals surface area contributed by atoms with Crippen LogP contribution >= 0.6 is 0 Å². The highest BCUT2D eigenvalue weighted by Crippen LogP contribution is 2.60. The van der Waals surface area contributed by atoms with Gasteiger partial charge in [-0.2, -0.15) is 5.26 Å². The van der Waals surface area contributed by atoms with E-state index in [1.807, 2.05) is 30.3 Å². The van der Waals surface area contributed by atoms with Crippen molar-refractivity contribution in [2.45, 2.75) is 43.9 Å². The third-order valence-corrected chi connectivity index (χ3v) is 11.5. The van der Waals surface area contributed by atoms with Gasteiger partial charge in [0.15, 0.2) is 17.5 Å². The SMILES string of the molecule is N#Cc1ccc2oc3cc(-c4cccc(-c5nc(-c6ccccc6)nc(-c6ccc(C78CC9CC(CC(C9)C7)C8)cc6)n5)c4)ccc3c2c1. The van der Waals surface area contributed by atoms with Gasteiger partial charge in [0.1, 0.15) is 11.2 Å². The molecule has 49 heavy (non-hydrogen) atoms. The maximum atomic E-state index is 9.39. The zero-order valence-electron chi connectivity index (χ0n) is 27.1. The van der Waals surface area contributed by atoms with E-state index in [9.17, 15) is 5.26 Å². The Morgan fingerprint density at radius 1 is 0.531 bits per heavy atom. The van der Waals surface area contributed by atoms with Crippen LogP contribution in [0, 0.1) is 29.1 Å². The van der Waals surface area contributed by atoms with Crippen molar-refractivity contribution in [2.75, 3.05) is 0 Å². The largest absolute Gasteiger partial charge is 0.456 e. The number of rotatable bonds is 5. The first-order chi connectivity index (χ1) is 24.1. The highest BCUT2D eigenvalue weighted by atomic mass is 16.3. The number of fused-ring (bicyclic) bond motifs is 3. The second-order valence-corrected chi connectivity index (χ2v) is 14.7. The monoisotopic (exact) mass is 634 g/mol. The smallest absolute Gasteiger partial charge is 0.164 e. The fourth-order valence-electron chi connectivity index (χ4n) is 9.65. The third-order valence-electron chi connectivity index (χ3n) is 11.5. The van der Waals surface area contributed by atoms with E-state index in [2.05, 4.69) is 84.9 Å². The molecule has 0 atom stereocenters. The van der Waals surface area contributed by atoms with Gasteiger partial charge in [0.2, 0.25) is 0 Å². The number of hydrogen-bond acceptors (Lipinski definition) is 5. The van der Waals surface area contributed by atoms with Gasteiger partial charge in [-0.25, -0.2) is 15.0 Å². The van der Waals surface area contributed by atoms with Crippen LogP contribution in [0.3, 0.4) is 0 Å². The van der Waals surface area contributed by atoms with Crippen LogP contribution in [0.25, 0.3) is 67.2 Å². The van der Waals surface area contributed by atoms with Crippen LogP contribution < -0.4 is 0 Å². The van der Waals surface area contributed by atoms with Crippen LogP contribution in [0.5, 0.6) is 0 Å². The topological polar surface area (TPSA) is 75.6 Å². The molecule has 0 unspecified atom stereocenters. The van der Waals surface area contributed by atoms with Gasteiger partial charge in [-0.05, 0) is 115 Å². The molecule has 11 rings (SSSR count). The zero-order valence-corrected chi connectivity index (χ0v) is 27.1. The second kappa shape index (κ2) is 11.0. The van der Waals surface area contributed by atoms with E-state index in [-0.39, 0.29) is 0 Å². The quantitative estimate of drug-likeness (QED) is 0.188. The Balaban J connectivity index is 1.03. The summed E-state index contributed by atoms with van der Waals surface area (Å²) in [5.41, 5.74) is 9.03. The number of furan rings is 1. The molecule has 0 radical (unpaired) electrons. The fourth-order valence-corrected chi connectivity index (χ4v) is 9.65. The molecule has 5 heteroatoms. The Kier molecular flexibility index (Phi) is 6.36. The molecule has 236 valence electrons. The van der Waals surface area contributed by atoms with Gasteiger partial charge in [0, 0.05) is 27.5 Å². The van der Waals surface area contributed by atoms with Crippen LogP contribution in [0.2, 0.25) is 0 Å². The van der Waals surface area contributed by atoms with Crippen molar-refractivity contribution in [3.8, 4) is 51.4 Å². The Hall–Kier alpha value is -5.60. The number of benzene rings is 5. The summed E-state index contributed by atoms with van der Waals surface area (Å²) in [6.07, 6.45) is 8.42. The van der Waals surface area contributed by atoms with E-state index >= 15 is 0 Å². The van der Waals surface area contributed by atoms with Gasteiger partial charge in [0.05, 0.1) is 11.6 Å². The van der Waals surface area contributed by atoms with E-state index in [1.54, 1.807) is 6.07 Å². The minimum absolute atomic E-state index is 0.359. The molecule has 4 bridgehead atoms. The van der Waals surface area contributed by atoms with Gasteiger partial charge in [-0.15, -0.1) is 0 Å². The highest BCUT2D eigenvalue weighted by molar-refractivity contribution is 6.06. The number of nitrogens with zero attached hydrogens (tertiary/aromatic N) is 4. The summed E-state index contributed by atoms with van der Waals surface area (Å²) >= 11 is 0. The molecule has 4 saturated carbocycles. The second-order valence-electron chi connectivity index (χ2n) is 14.7. The van der Waals surface area contributed by atoms with Gasteiger partial charge in [-0.3, -0.25) is 0 Å². The molecule has 2 heterocycles. The molecule has 0 N–H and O–H groups in total. The number of nitriles is 1. The van der Waals surface area contributed by atoms with Crippen molar-refractivity contribution >= 4 is 21.9 Å². The van der Waals surface area contributed by atoms with Crippen LogP contribution in [-0.4, -0.2) is 15.0 Å². The molecule has 7 aromatic rings. The first-order valence-electron chi connectivity index (χ1n) is 17.5. The summed E-state index contributed by atoms with van der Waals surface area (Å²) in [6.45, 7) is 0. The van der Waals surface area contributed by atoms with E-state index in [0.29, 0.717) is 28.5 Å². The number of aromatic nitrogens is 3. The lowest BCUT2D eigenvalue weighted by molar-refractivity contribution is -0.00518. The van der Waals surface area contributed by atoms with Gasteiger partial charge >= 0.3 is 0 Å². The summed E-state index contributed by atoms with van der Waals surface area (Å²) in [6, 6.07) is 41.8. The summed E-state index contributed by atoms with van der Waals surface area (Å²) < 4.78 is 6.19. The van der Waals surface area contributed by atoms with Crippen LogP contribution in [0.4, 0.5) is 0 Å². The van der Waals surface area contributed by atoms with Crippen molar-refractivity contribution in [2.24, 2.45) is 17.8 Å². The van der Waals surface area contributed by atoms with E-state index < -0.39 is 0 Å². The predicted molar refractivity (Wildman–Crippen MR) is 193 cm³/mol. The fraction of sp³-hybridized carbons (Fsp3) is 0.227. The average molecular weight is 635 g/mol. The summed E-state index contributed by atoms with van der Waals surface area (Å²) in [5.74, 6) is 4.74. The average Bonchev–Trinajstić information content (AvgIpc) is 3.52. The first-order valence-corrected chi connectivity index (χ1v) is 17.5. The summed E-state index contributed by atoms with van der Waals surface area (Å²) in [7, 11) is 0. The normalized spacial score (nSPS) is 22.5. The van der Waals surface area contributed by atoms with E-state index in [4.69, 9.17) is 19.4 Å². The number of hydrogen-bond donors (Lipinski definition) is 0. The molecule has 4 aliphatic carbocycles. The minimum Gasteiger partial charge on any atom is -0.456 e. The Morgan fingerprint density at radius 2 is 1.12 bits per heavy atom. The zero-order chi connectivity index (χ0) is 32.5. The van der Waals surface area contributed by atoms with Crippen molar-refractivity contribution in [1.82, 2.24) is 15.0 Å². The Labute approximate surface area is 285 Å². The molecule has 4 fully saturated rings. The molecule has 2 aromatic heterocycles. The van der Waals surface area contributed by atoms with Crippen molar-refractivity contribution in [3.05, 3.63) is 126 Å². The maximum Gasteiger partial charge on any atom is 0.164 e. The molecule has 0 aliphatic heterocycles. The molecule has 4 aliphatic rings. The van der Waals surface area contributed by atoms with Gasteiger partial charge < -0.3 is 4.42 Å². The lowest BCUT2D eigenvalue weighted by atomic mass is 9.48. The van der Waals surface area contributed by atoms with Crippen LogP contribution in [0.15, 0.2) is 120 Å². The standard InChI is InChI=1S/C44H34N4O/c45-26-27-9-16-39-38(20-27)37-15-12-34(22-40(37)49-39)33-7-4-8-35(21-33)43-47-41(31-5-2-1-3-6-31)46-42(48-43)32-10-13-36(14-11-32)44-23-28-17-29(24-44)19-30(18-28)25-44/h1-16,20-22,28-30H,17-19,23-25H2. The van der Waals surface area contributed by atoms with E-state index in [1.165, 1.54) is 44.1 Å². The summed E-state index contributed by atoms with van der Waals surface area (Å²) in [5, 5.41) is 11.3. The Morgan fingerprint density at radius 3 is 1.82 bits per heavy atom. The molecular formula is C44H34N4O.